The summed E-state index contributed by atoms with van der Waals surface area (Å²) in [7, 11) is 0.611. The molecule has 4 heteroatoms. The standard InChI is InChI=1S/Li.H2OSi.V.H/c;1-2;;/h;2H2;;/q+1;;;-1. The van der Waals surface area contributed by atoms with Gasteiger partial charge in [0.15, 0.2) is 0 Å². The van der Waals surface area contributed by atoms with Gasteiger partial charge in [-0.25, -0.2) is 0 Å². The maximum atomic E-state index is 8.28. The van der Waals surface area contributed by atoms with Gasteiger partial charge in [0.2, 0.25) is 10.1 Å². The van der Waals surface area contributed by atoms with Crippen molar-refractivity contribution in [3.05, 3.63) is 0 Å². The van der Waals surface area contributed by atoms with Crippen LogP contribution < -0.4 is 18.9 Å². The average molecular weight is 105 g/mol. The van der Waals surface area contributed by atoms with Crippen molar-refractivity contribution in [3.63, 3.8) is 0 Å². The van der Waals surface area contributed by atoms with Gasteiger partial charge in [-0.2, -0.15) is 0 Å². The molecule has 0 fully saturated rings. The zero-order valence-corrected chi connectivity index (χ0v) is 5.37. The molecule has 0 aromatic carbocycles. The minimum absolute atomic E-state index is 0. The monoisotopic (exact) mass is 105 g/mol. The van der Waals surface area contributed by atoms with E-state index < -0.39 is 0 Å². The maximum Gasteiger partial charge on any atom is 1.00 e. The third-order valence-corrected chi connectivity index (χ3v) is 0. The molecular formula is H3LiOSiV. The fourth-order valence-electron chi connectivity index (χ4n) is 0. The Labute approximate surface area is 53.6 Å². The first-order valence-electron chi connectivity index (χ1n) is 0.289. The normalized spacial score (nSPS) is 1.00. The molecule has 0 aromatic heterocycles. The summed E-state index contributed by atoms with van der Waals surface area (Å²) in [6.07, 6.45) is 0. The van der Waals surface area contributed by atoms with Crippen LogP contribution in [0.5, 0.6) is 0 Å². The second kappa shape index (κ2) is 29.9. The Balaban J connectivity index is -0.00000000167. The summed E-state index contributed by atoms with van der Waals surface area (Å²) in [5.41, 5.74) is 0. The molecular weight excluding hydrogens is 102 g/mol. The van der Waals surface area contributed by atoms with Crippen LogP contribution in [0.4, 0.5) is 0 Å². The number of hydrogen-bond donors (Lipinski definition) is 0. The summed E-state index contributed by atoms with van der Waals surface area (Å²) in [4.78, 5) is 0. The van der Waals surface area contributed by atoms with Crippen LogP contribution in [-0.4, -0.2) is 10.1 Å². The van der Waals surface area contributed by atoms with Crippen LogP contribution in [0, 0.1) is 0 Å². The van der Waals surface area contributed by atoms with Crippen molar-refractivity contribution in [1.29, 1.82) is 0 Å². The first-order valence-corrected chi connectivity index (χ1v) is 0.866. The van der Waals surface area contributed by atoms with Crippen LogP contribution in [0.25, 0.3) is 0 Å². The van der Waals surface area contributed by atoms with E-state index >= 15 is 0 Å². The van der Waals surface area contributed by atoms with Crippen LogP contribution in [0.15, 0.2) is 0 Å². The fourth-order valence-corrected chi connectivity index (χ4v) is 0. The van der Waals surface area contributed by atoms with Crippen LogP contribution in [0.2, 0.25) is 0 Å². The minimum Gasteiger partial charge on any atom is -1.00 e. The molecule has 0 aliphatic carbocycles. The molecule has 0 aliphatic rings. The molecule has 0 spiro atoms. The Morgan fingerprint density at radius 1 is 1.50 bits per heavy atom. The summed E-state index contributed by atoms with van der Waals surface area (Å²) in [6, 6.07) is 0. The molecule has 0 N–H and O–H groups in total. The van der Waals surface area contributed by atoms with Crippen molar-refractivity contribution < 1.29 is 43.3 Å². The summed E-state index contributed by atoms with van der Waals surface area (Å²) in [6.45, 7) is 0. The van der Waals surface area contributed by atoms with Gasteiger partial charge in [-0.3, -0.25) is 0 Å². The summed E-state index contributed by atoms with van der Waals surface area (Å²) < 4.78 is 8.28. The molecule has 0 saturated carbocycles. The topological polar surface area (TPSA) is 17.1 Å². The van der Waals surface area contributed by atoms with E-state index in [1.54, 1.807) is 0 Å². The molecule has 0 aliphatic heterocycles. The van der Waals surface area contributed by atoms with Crippen LogP contribution in [-0.2, 0) is 23.0 Å². The quantitative estimate of drug-likeness (QED) is 0.288. The van der Waals surface area contributed by atoms with Crippen LogP contribution in [0.1, 0.15) is 1.43 Å². The van der Waals surface area contributed by atoms with Crippen molar-refractivity contribution >= 4 is 10.1 Å². The predicted octanol–water partition coefficient (Wildman–Crippen LogP) is -3.92. The van der Waals surface area contributed by atoms with E-state index in [4.69, 9.17) is 4.46 Å². The number of rotatable bonds is 0. The first kappa shape index (κ1) is 19.0. The third kappa shape index (κ3) is 10.8. The van der Waals surface area contributed by atoms with Gasteiger partial charge in [-0.05, 0) is 0 Å². The Morgan fingerprint density at radius 2 is 1.50 bits per heavy atom. The number of hydrogen-bond acceptors (Lipinski definition) is 1. The van der Waals surface area contributed by atoms with E-state index in [0.29, 0.717) is 10.1 Å². The summed E-state index contributed by atoms with van der Waals surface area (Å²) >= 11 is 0. The smallest absolute Gasteiger partial charge is 1.00 e. The van der Waals surface area contributed by atoms with Gasteiger partial charge in [0.05, 0.1) is 0 Å². The van der Waals surface area contributed by atoms with E-state index in [1.807, 2.05) is 0 Å². The van der Waals surface area contributed by atoms with E-state index in [1.165, 1.54) is 0 Å². The molecule has 19 valence electrons. The van der Waals surface area contributed by atoms with Crippen LogP contribution in [0.3, 0.4) is 0 Å². The minimum atomic E-state index is 0. The molecule has 0 amide bonds. The average Bonchev–Trinajstić information content (AvgIpc) is 1.00. The Morgan fingerprint density at radius 3 is 1.50 bits per heavy atom. The molecule has 0 heterocycles. The zero-order valence-electron chi connectivity index (χ0n) is 3.56. The van der Waals surface area contributed by atoms with Crippen molar-refractivity contribution in [1.82, 2.24) is 0 Å². The maximum absolute atomic E-state index is 8.28. The van der Waals surface area contributed by atoms with Gasteiger partial charge in [0.25, 0.3) is 0 Å². The second-order valence-corrected chi connectivity index (χ2v) is 0. The molecule has 1 nitrogen and oxygen atoms in total. The molecule has 4 heavy (non-hydrogen) atoms. The molecule has 0 aromatic rings. The van der Waals surface area contributed by atoms with E-state index in [-0.39, 0.29) is 38.8 Å². The Hall–Kier alpha value is 1.20. The van der Waals surface area contributed by atoms with Gasteiger partial charge >= 0.3 is 18.9 Å². The van der Waals surface area contributed by atoms with Crippen LogP contribution >= 0.6 is 0 Å². The van der Waals surface area contributed by atoms with E-state index in [2.05, 4.69) is 0 Å². The third-order valence-electron chi connectivity index (χ3n) is 0. The molecule has 0 rings (SSSR count). The molecule has 0 bridgehead atoms. The van der Waals surface area contributed by atoms with Gasteiger partial charge < -0.3 is 5.89 Å². The van der Waals surface area contributed by atoms with E-state index in [0.717, 1.165) is 0 Å². The fraction of sp³-hybridized carbons (Fsp3) is 0. The Bertz CT molecular complexity index is 11.6. The first-order chi connectivity index (χ1) is 1.00. The molecule has 0 saturated heterocycles. The Kier molecular flexibility index (Phi) is 142. The SMILES string of the molecule is O=[SiH2].[H-].[Li+].[V]. The van der Waals surface area contributed by atoms with Gasteiger partial charge in [0, 0.05) is 18.6 Å². The van der Waals surface area contributed by atoms with Crippen molar-refractivity contribution in [2.75, 3.05) is 0 Å². The second-order valence-electron chi connectivity index (χ2n) is 0. The molecule has 0 unspecified atom stereocenters. The van der Waals surface area contributed by atoms with Crippen molar-refractivity contribution in [2.24, 2.45) is 0 Å². The largest absolute Gasteiger partial charge is 1.00 e. The molecule has 1 radical (unpaired) electrons. The van der Waals surface area contributed by atoms with Crippen molar-refractivity contribution in [3.8, 4) is 0 Å². The van der Waals surface area contributed by atoms with Gasteiger partial charge in [0.1, 0.15) is 0 Å². The zero-order chi connectivity index (χ0) is 2.00. The molecule has 0 atom stereocenters. The van der Waals surface area contributed by atoms with Crippen molar-refractivity contribution in [2.45, 2.75) is 0 Å². The van der Waals surface area contributed by atoms with Gasteiger partial charge in [-0.15, -0.1) is 0 Å². The summed E-state index contributed by atoms with van der Waals surface area (Å²) in [5, 5.41) is 0. The van der Waals surface area contributed by atoms with E-state index in [9.17, 15) is 0 Å². The predicted molar refractivity (Wildman–Crippen MR) is 10.3 cm³/mol. The summed E-state index contributed by atoms with van der Waals surface area (Å²) in [5.74, 6) is 0. The van der Waals surface area contributed by atoms with Gasteiger partial charge in [-0.1, -0.05) is 0 Å².